The molecule has 130 valence electrons. The lowest BCUT2D eigenvalue weighted by molar-refractivity contribution is -0.122. The van der Waals surface area contributed by atoms with Crippen molar-refractivity contribution in [3.63, 3.8) is 0 Å². The van der Waals surface area contributed by atoms with Crippen molar-refractivity contribution < 1.29 is 9.21 Å². The Morgan fingerprint density at radius 3 is 2.84 bits per heavy atom. The molecule has 2 aromatic heterocycles. The van der Waals surface area contributed by atoms with Crippen LogP contribution in [0.3, 0.4) is 0 Å². The normalized spacial score (nSPS) is 12.1. The van der Waals surface area contributed by atoms with E-state index in [9.17, 15) is 4.79 Å². The molecule has 2 N–H and O–H groups in total. The van der Waals surface area contributed by atoms with E-state index in [-0.39, 0.29) is 12.5 Å². The topological polar surface area (TPSA) is 106 Å². The van der Waals surface area contributed by atoms with E-state index in [0.29, 0.717) is 24.0 Å². The number of hydrogen-bond acceptors (Lipinski definition) is 7. The van der Waals surface area contributed by atoms with Crippen LogP contribution in [0, 0.1) is 6.92 Å². The number of nitrogens with one attached hydrogen (secondary N) is 2. The molecule has 1 amide bonds. The van der Waals surface area contributed by atoms with Crippen LogP contribution < -0.4 is 10.6 Å². The molecule has 2 heterocycles. The van der Waals surface area contributed by atoms with Crippen LogP contribution in [0.2, 0.25) is 0 Å². The number of rotatable bonds is 7. The van der Waals surface area contributed by atoms with Crippen molar-refractivity contribution in [3.8, 4) is 0 Å². The van der Waals surface area contributed by atoms with E-state index in [1.54, 1.807) is 6.92 Å². The minimum atomic E-state index is -0.410. The predicted octanol–water partition coefficient (Wildman–Crippen LogP) is 2.22. The van der Waals surface area contributed by atoms with Crippen LogP contribution in [0.1, 0.15) is 31.5 Å². The maximum Gasteiger partial charge on any atom is 0.242 e. The number of aromatic nitrogens is 4. The number of amides is 1. The number of aryl methyl sites for hydroxylation is 1. The Morgan fingerprint density at radius 1 is 1.24 bits per heavy atom. The Labute approximate surface area is 145 Å². The molecule has 8 nitrogen and oxygen atoms in total. The van der Waals surface area contributed by atoms with Gasteiger partial charge in [0.05, 0.1) is 12.1 Å². The van der Waals surface area contributed by atoms with Crippen molar-refractivity contribution >= 4 is 22.6 Å². The molecule has 25 heavy (non-hydrogen) atoms. The summed E-state index contributed by atoms with van der Waals surface area (Å²) in [7, 11) is 0. The van der Waals surface area contributed by atoms with E-state index in [0.717, 1.165) is 17.3 Å². The van der Waals surface area contributed by atoms with Crippen LogP contribution in [-0.2, 0) is 11.3 Å². The summed E-state index contributed by atoms with van der Waals surface area (Å²) < 4.78 is 5.27. The molecule has 0 unspecified atom stereocenters. The van der Waals surface area contributed by atoms with Crippen LogP contribution in [-0.4, -0.2) is 32.1 Å². The first-order chi connectivity index (χ1) is 12.2. The lowest BCUT2D eigenvalue weighted by atomic mass is 10.1. The number of carbonyl (C=O) groups excluding carboxylic acids is 1. The standard InChI is InChI=1S/C17H20N6O2/c1-3-6-14(17(24)18-9-15-23-22-11(2)25-15)21-16-12-7-4-5-8-13(12)19-10-20-16/h4-5,7-8,10,14H,3,6,9H2,1-2H3,(H,18,24)(H,19,20,21)/t14-/m0/s1. The summed E-state index contributed by atoms with van der Waals surface area (Å²) in [5, 5.41) is 14.6. The Balaban J connectivity index is 1.72. The Kier molecular flexibility index (Phi) is 5.17. The molecule has 0 radical (unpaired) electrons. The molecule has 3 aromatic rings. The molecular formula is C17H20N6O2. The largest absolute Gasteiger partial charge is 0.424 e. The summed E-state index contributed by atoms with van der Waals surface area (Å²) >= 11 is 0. The third-order valence-corrected chi connectivity index (χ3v) is 3.73. The second kappa shape index (κ2) is 7.69. The molecule has 0 saturated heterocycles. The van der Waals surface area contributed by atoms with Gasteiger partial charge in [0, 0.05) is 12.3 Å². The van der Waals surface area contributed by atoms with Crippen molar-refractivity contribution in [2.75, 3.05) is 5.32 Å². The molecule has 0 aliphatic heterocycles. The zero-order valence-corrected chi connectivity index (χ0v) is 14.2. The van der Waals surface area contributed by atoms with Crippen molar-refractivity contribution in [2.45, 2.75) is 39.3 Å². The first kappa shape index (κ1) is 16.8. The third-order valence-electron chi connectivity index (χ3n) is 3.73. The molecule has 0 fully saturated rings. The zero-order valence-electron chi connectivity index (χ0n) is 14.2. The van der Waals surface area contributed by atoms with Gasteiger partial charge in [-0.1, -0.05) is 25.5 Å². The second-order valence-corrected chi connectivity index (χ2v) is 5.66. The lowest BCUT2D eigenvalue weighted by Gasteiger charge is -2.18. The smallest absolute Gasteiger partial charge is 0.242 e. The van der Waals surface area contributed by atoms with Gasteiger partial charge in [-0.25, -0.2) is 9.97 Å². The average Bonchev–Trinajstić information content (AvgIpc) is 3.05. The Bertz CT molecular complexity index is 858. The van der Waals surface area contributed by atoms with Gasteiger partial charge in [0.25, 0.3) is 0 Å². The Morgan fingerprint density at radius 2 is 2.08 bits per heavy atom. The van der Waals surface area contributed by atoms with Gasteiger partial charge in [0.2, 0.25) is 17.7 Å². The van der Waals surface area contributed by atoms with E-state index >= 15 is 0 Å². The highest BCUT2D eigenvalue weighted by molar-refractivity contribution is 5.91. The molecule has 3 rings (SSSR count). The van der Waals surface area contributed by atoms with Gasteiger partial charge in [-0.3, -0.25) is 4.79 Å². The lowest BCUT2D eigenvalue weighted by Crippen LogP contribution is -2.39. The maximum atomic E-state index is 12.5. The number of nitrogens with zero attached hydrogens (tertiary/aromatic N) is 4. The van der Waals surface area contributed by atoms with E-state index in [1.807, 2.05) is 31.2 Å². The highest BCUT2D eigenvalue weighted by Gasteiger charge is 2.19. The van der Waals surface area contributed by atoms with Gasteiger partial charge in [0.1, 0.15) is 18.2 Å². The van der Waals surface area contributed by atoms with Crippen LogP contribution in [0.4, 0.5) is 5.82 Å². The van der Waals surface area contributed by atoms with Gasteiger partial charge in [-0.2, -0.15) is 0 Å². The summed E-state index contributed by atoms with van der Waals surface area (Å²) in [6.07, 6.45) is 3.02. The molecule has 0 bridgehead atoms. The van der Waals surface area contributed by atoms with Gasteiger partial charge >= 0.3 is 0 Å². The average molecular weight is 340 g/mol. The van der Waals surface area contributed by atoms with E-state index in [2.05, 4.69) is 30.8 Å². The molecule has 1 atom stereocenters. The highest BCUT2D eigenvalue weighted by atomic mass is 16.4. The third kappa shape index (κ3) is 4.09. The van der Waals surface area contributed by atoms with E-state index in [1.165, 1.54) is 6.33 Å². The van der Waals surface area contributed by atoms with Crippen LogP contribution in [0.15, 0.2) is 35.0 Å². The number of anilines is 1. The minimum absolute atomic E-state index is 0.139. The molecule has 8 heteroatoms. The predicted molar refractivity (Wildman–Crippen MR) is 92.7 cm³/mol. The summed E-state index contributed by atoms with van der Waals surface area (Å²) in [4.78, 5) is 21.1. The van der Waals surface area contributed by atoms with Gasteiger partial charge < -0.3 is 15.1 Å². The van der Waals surface area contributed by atoms with Gasteiger partial charge in [0.15, 0.2) is 0 Å². The summed E-state index contributed by atoms with van der Waals surface area (Å²) in [5.74, 6) is 1.36. The summed E-state index contributed by atoms with van der Waals surface area (Å²) in [5.41, 5.74) is 0.831. The van der Waals surface area contributed by atoms with Crippen molar-refractivity contribution in [2.24, 2.45) is 0 Å². The molecule has 0 aliphatic rings. The number of fused-ring (bicyclic) bond motifs is 1. The molecular weight excluding hydrogens is 320 g/mol. The van der Waals surface area contributed by atoms with E-state index in [4.69, 9.17) is 4.42 Å². The fourth-order valence-electron chi connectivity index (χ4n) is 2.54. The second-order valence-electron chi connectivity index (χ2n) is 5.66. The van der Waals surface area contributed by atoms with Gasteiger partial charge in [-0.05, 0) is 18.6 Å². The fourth-order valence-corrected chi connectivity index (χ4v) is 2.54. The monoisotopic (exact) mass is 340 g/mol. The van der Waals surface area contributed by atoms with Crippen LogP contribution >= 0.6 is 0 Å². The number of carbonyl (C=O) groups is 1. The van der Waals surface area contributed by atoms with Crippen molar-refractivity contribution in [3.05, 3.63) is 42.4 Å². The van der Waals surface area contributed by atoms with Crippen LogP contribution in [0.25, 0.3) is 10.9 Å². The maximum absolute atomic E-state index is 12.5. The number of hydrogen-bond donors (Lipinski definition) is 2. The van der Waals surface area contributed by atoms with E-state index < -0.39 is 6.04 Å². The molecule has 1 aromatic carbocycles. The summed E-state index contributed by atoms with van der Waals surface area (Å²) in [6.45, 7) is 3.94. The number of para-hydroxylation sites is 1. The number of benzene rings is 1. The zero-order chi connectivity index (χ0) is 17.6. The highest BCUT2D eigenvalue weighted by Crippen LogP contribution is 2.20. The van der Waals surface area contributed by atoms with Crippen LogP contribution in [0.5, 0.6) is 0 Å². The Hall–Kier alpha value is -3.03. The van der Waals surface area contributed by atoms with Gasteiger partial charge in [-0.15, -0.1) is 10.2 Å². The quantitative estimate of drug-likeness (QED) is 0.679. The molecule has 0 aliphatic carbocycles. The first-order valence-electron chi connectivity index (χ1n) is 8.20. The van der Waals surface area contributed by atoms with Crippen molar-refractivity contribution in [1.82, 2.24) is 25.5 Å². The first-order valence-corrected chi connectivity index (χ1v) is 8.20. The molecule has 0 saturated carbocycles. The van der Waals surface area contributed by atoms with Crippen molar-refractivity contribution in [1.29, 1.82) is 0 Å². The minimum Gasteiger partial charge on any atom is -0.424 e. The molecule has 0 spiro atoms. The fraction of sp³-hybridized carbons (Fsp3) is 0.353. The SMILES string of the molecule is CCC[C@H](Nc1ncnc2ccccc12)C(=O)NCc1nnc(C)o1. The summed E-state index contributed by atoms with van der Waals surface area (Å²) in [6, 6.07) is 7.27.